The van der Waals surface area contributed by atoms with E-state index in [1.54, 1.807) is 6.92 Å². The third kappa shape index (κ3) is 3.48. The number of benzene rings is 2. The van der Waals surface area contributed by atoms with Crippen molar-refractivity contribution in [1.29, 1.82) is 0 Å². The molecule has 1 aliphatic rings. The zero-order valence-electron chi connectivity index (χ0n) is 18.4. The second kappa shape index (κ2) is 8.23. The zero-order chi connectivity index (χ0) is 22.2. The number of aryl methyl sites for hydroxylation is 2. The van der Waals surface area contributed by atoms with Gasteiger partial charge >= 0.3 is 5.97 Å². The maximum atomic E-state index is 13.5. The fourth-order valence-electron chi connectivity index (χ4n) is 4.85. The van der Waals surface area contributed by atoms with E-state index in [2.05, 4.69) is 4.98 Å². The van der Waals surface area contributed by atoms with Crippen LogP contribution in [0.1, 0.15) is 63.9 Å². The summed E-state index contributed by atoms with van der Waals surface area (Å²) in [6.45, 7) is 3.53. The van der Waals surface area contributed by atoms with Crippen molar-refractivity contribution in [3.05, 3.63) is 76.6 Å². The van der Waals surface area contributed by atoms with Crippen LogP contribution in [0.3, 0.4) is 0 Å². The van der Waals surface area contributed by atoms with Crippen LogP contribution in [-0.4, -0.2) is 27.8 Å². The van der Waals surface area contributed by atoms with Crippen LogP contribution in [0, 0.1) is 6.92 Å². The molecule has 0 spiro atoms. The number of hydrogen-bond acceptors (Lipinski definition) is 4. The summed E-state index contributed by atoms with van der Waals surface area (Å²) in [5, 5.41) is 1.64. The molecule has 1 atom stereocenters. The van der Waals surface area contributed by atoms with E-state index in [1.807, 2.05) is 55.5 Å². The van der Waals surface area contributed by atoms with E-state index in [0.29, 0.717) is 11.1 Å². The van der Waals surface area contributed by atoms with Gasteiger partial charge in [0, 0.05) is 33.2 Å². The van der Waals surface area contributed by atoms with Crippen molar-refractivity contribution in [3.8, 4) is 0 Å². The number of para-hydroxylation sites is 2. The Morgan fingerprint density at radius 3 is 2.50 bits per heavy atom. The molecule has 0 saturated heterocycles. The van der Waals surface area contributed by atoms with Crippen LogP contribution in [0.4, 0.5) is 0 Å². The third-order valence-electron chi connectivity index (χ3n) is 6.42. The van der Waals surface area contributed by atoms with Crippen molar-refractivity contribution in [3.63, 3.8) is 0 Å². The van der Waals surface area contributed by atoms with Gasteiger partial charge in [-0.2, -0.15) is 0 Å². The number of pyridine rings is 1. The quantitative estimate of drug-likeness (QED) is 0.257. The summed E-state index contributed by atoms with van der Waals surface area (Å²) in [6.07, 6.45) is 3.99. The highest BCUT2D eigenvalue weighted by atomic mass is 16.5. The lowest BCUT2D eigenvalue weighted by molar-refractivity contribution is 0.0320. The molecule has 0 saturated carbocycles. The van der Waals surface area contributed by atoms with Crippen molar-refractivity contribution < 1.29 is 14.3 Å². The third-order valence-corrected chi connectivity index (χ3v) is 6.42. The van der Waals surface area contributed by atoms with Gasteiger partial charge in [0.25, 0.3) is 0 Å². The van der Waals surface area contributed by atoms with Crippen molar-refractivity contribution in [2.45, 2.75) is 52.1 Å². The molecule has 2 aromatic heterocycles. The average Bonchev–Trinajstić information content (AvgIpc) is 2.95. The van der Waals surface area contributed by atoms with Crippen molar-refractivity contribution in [2.24, 2.45) is 0 Å². The van der Waals surface area contributed by atoms with Crippen LogP contribution < -0.4 is 0 Å². The Kier molecular flexibility index (Phi) is 5.25. The Hall–Kier alpha value is -3.47. The molecule has 1 aliphatic carbocycles. The lowest BCUT2D eigenvalue weighted by atomic mass is 9.97. The summed E-state index contributed by atoms with van der Waals surface area (Å²) in [6, 6.07) is 15.4. The van der Waals surface area contributed by atoms with Gasteiger partial charge in [-0.15, -0.1) is 0 Å². The molecule has 0 unspecified atom stereocenters. The Balaban J connectivity index is 1.51. The zero-order valence-corrected chi connectivity index (χ0v) is 18.4. The molecular formula is C27H26N2O3. The molecular weight excluding hydrogens is 400 g/mol. The second-order valence-electron chi connectivity index (χ2n) is 8.57. The first kappa shape index (κ1) is 20.4. The maximum Gasteiger partial charge on any atom is 0.339 e. The molecule has 2 heterocycles. The van der Waals surface area contributed by atoms with E-state index in [-0.39, 0.29) is 5.78 Å². The normalized spacial score (nSPS) is 14.7. The molecule has 1 N–H and O–H groups in total. The van der Waals surface area contributed by atoms with Crippen LogP contribution in [0.2, 0.25) is 0 Å². The van der Waals surface area contributed by atoms with Gasteiger partial charge in [-0.1, -0.05) is 42.8 Å². The number of H-pyrrole nitrogens is 1. The van der Waals surface area contributed by atoms with Crippen molar-refractivity contribution >= 4 is 33.6 Å². The molecule has 4 aromatic rings. The first-order valence-electron chi connectivity index (χ1n) is 11.3. The molecule has 5 nitrogen and oxygen atoms in total. The predicted octanol–water partition coefficient (Wildman–Crippen LogP) is 5.72. The number of esters is 1. The Labute approximate surface area is 186 Å². The summed E-state index contributed by atoms with van der Waals surface area (Å²) >= 11 is 0. The smallest absolute Gasteiger partial charge is 0.339 e. The summed E-state index contributed by atoms with van der Waals surface area (Å²) in [5.41, 5.74) is 5.60. The largest absolute Gasteiger partial charge is 0.451 e. The first-order valence-corrected chi connectivity index (χ1v) is 11.3. The van der Waals surface area contributed by atoms with E-state index >= 15 is 0 Å². The van der Waals surface area contributed by atoms with Gasteiger partial charge in [-0.25, -0.2) is 4.79 Å². The van der Waals surface area contributed by atoms with Crippen molar-refractivity contribution in [2.75, 3.05) is 0 Å². The van der Waals surface area contributed by atoms with Gasteiger partial charge in [-0.05, 0) is 57.2 Å². The Morgan fingerprint density at radius 2 is 1.66 bits per heavy atom. The highest BCUT2D eigenvalue weighted by Crippen LogP contribution is 2.30. The number of aromatic nitrogens is 2. The molecule has 5 heteroatoms. The maximum absolute atomic E-state index is 13.5. The number of ether oxygens (including phenoxy) is 1. The number of nitrogens with zero attached hydrogens (tertiary/aromatic N) is 1. The monoisotopic (exact) mass is 426 g/mol. The van der Waals surface area contributed by atoms with E-state index < -0.39 is 12.1 Å². The summed E-state index contributed by atoms with van der Waals surface area (Å²) in [5.74, 6) is -0.641. The molecule has 0 amide bonds. The Bertz CT molecular complexity index is 1350. The van der Waals surface area contributed by atoms with Gasteiger partial charge in [0.05, 0.1) is 11.1 Å². The van der Waals surface area contributed by atoms with Crippen LogP contribution in [0.15, 0.2) is 48.5 Å². The van der Waals surface area contributed by atoms with E-state index in [0.717, 1.165) is 70.9 Å². The molecule has 0 fully saturated rings. The molecule has 0 bridgehead atoms. The van der Waals surface area contributed by atoms with Crippen LogP contribution in [0.25, 0.3) is 21.8 Å². The molecule has 2 aromatic carbocycles. The second-order valence-corrected chi connectivity index (χ2v) is 8.57. The number of aromatic amines is 1. The lowest BCUT2D eigenvalue weighted by Crippen LogP contribution is -2.26. The van der Waals surface area contributed by atoms with Crippen molar-refractivity contribution in [1.82, 2.24) is 9.97 Å². The number of carbonyl (C=O) groups excluding carboxylic acids is 2. The SMILES string of the molecule is Cc1[nH]c2ccccc2c1C(=O)[C@H](C)OC(=O)c1c2c(nc3ccccc13)CCCCC2. The van der Waals surface area contributed by atoms with Crippen LogP contribution in [-0.2, 0) is 17.6 Å². The van der Waals surface area contributed by atoms with Gasteiger partial charge in [-0.3, -0.25) is 9.78 Å². The van der Waals surface area contributed by atoms with Crippen LogP contribution in [0.5, 0.6) is 0 Å². The lowest BCUT2D eigenvalue weighted by Gasteiger charge is -2.17. The fraction of sp³-hybridized carbons (Fsp3) is 0.296. The Morgan fingerprint density at radius 1 is 0.938 bits per heavy atom. The number of hydrogen-bond donors (Lipinski definition) is 1. The number of carbonyl (C=O) groups is 2. The van der Waals surface area contributed by atoms with Gasteiger partial charge in [0.15, 0.2) is 6.10 Å². The predicted molar refractivity (Wildman–Crippen MR) is 125 cm³/mol. The fourth-order valence-corrected chi connectivity index (χ4v) is 4.85. The molecule has 5 rings (SSSR count). The number of fused-ring (bicyclic) bond motifs is 3. The van der Waals surface area contributed by atoms with Gasteiger partial charge in [0.2, 0.25) is 5.78 Å². The summed E-state index contributed by atoms with van der Waals surface area (Å²) < 4.78 is 5.81. The van der Waals surface area contributed by atoms with Gasteiger partial charge < -0.3 is 9.72 Å². The van der Waals surface area contributed by atoms with Crippen LogP contribution >= 0.6 is 0 Å². The highest BCUT2D eigenvalue weighted by molar-refractivity contribution is 6.12. The first-order chi connectivity index (χ1) is 15.5. The van der Waals surface area contributed by atoms with E-state index in [4.69, 9.17) is 9.72 Å². The molecule has 32 heavy (non-hydrogen) atoms. The standard InChI is InChI=1S/C27H26N2O3/c1-16-24(18-11-6-8-14-21(18)28-16)26(30)17(2)32-27(31)25-19-10-4-3-5-13-22(19)29-23-15-9-7-12-20(23)25/h6-9,11-12,14-15,17,28H,3-5,10,13H2,1-2H3/t17-/m0/s1. The topological polar surface area (TPSA) is 72.1 Å². The van der Waals surface area contributed by atoms with Gasteiger partial charge in [0.1, 0.15) is 0 Å². The summed E-state index contributed by atoms with van der Waals surface area (Å²) in [4.78, 5) is 34.9. The summed E-state index contributed by atoms with van der Waals surface area (Å²) in [7, 11) is 0. The minimum atomic E-state index is -0.895. The minimum Gasteiger partial charge on any atom is -0.451 e. The number of Topliss-reactive ketones (excluding diaryl/α,β-unsaturated/α-hetero) is 1. The number of ketones is 1. The highest BCUT2D eigenvalue weighted by Gasteiger charge is 2.28. The molecule has 162 valence electrons. The number of nitrogens with one attached hydrogen (secondary N) is 1. The van der Waals surface area contributed by atoms with E-state index in [9.17, 15) is 9.59 Å². The molecule has 0 aliphatic heterocycles. The van der Waals surface area contributed by atoms with E-state index in [1.165, 1.54) is 0 Å². The molecule has 0 radical (unpaired) electrons. The minimum absolute atomic E-state index is 0.197. The number of rotatable bonds is 4. The average molecular weight is 427 g/mol.